The second-order valence-corrected chi connectivity index (χ2v) is 7.94. The smallest absolute Gasteiger partial charge is 0.271 e. The molecule has 0 aromatic heterocycles. The van der Waals surface area contributed by atoms with Gasteiger partial charge >= 0.3 is 0 Å². The highest BCUT2D eigenvalue weighted by molar-refractivity contribution is 6.19. The highest BCUT2D eigenvalue weighted by atomic mass is 19.1. The first-order chi connectivity index (χ1) is 16.9. The van der Waals surface area contributed by atoms with Crippen LogP contribution in [-0.2, 0) is 22.7 Å². The molecule has 0 saturated heterocycles. The third-order valence-electron chi connectivity index (χ3n) is 5.62. The molecule has 0 spiro atoms. The summed E-state index contributed by atoms with van der Waals surface area (Å²) in [5.74, 6) is -1.49. The minimum absolute atomic E-state index is 0.0689. The van der Waals surface area contributed by atoms with Crippen LogP contribution < -0.4 is 4.74 Å². The number of ether oxygens (including phenoxy) is 1. The van der Waals surface area contributed by atoms with Gasteiger partial charge < -0.3 is 4.74 Å². The van der Waals surface area contributed by atoms with Crippen LogP contribution in [0.3, 0.4) is 0 Å². The molecule has 0 unspecified atom stereocenters. The third kappa shape index (κ3) is 5.17. The SMILES string of the molecule is CC1=C(C#N)C(=O)N(Cc2ccc(F)cc2)C(=O)/C1=C/c1ccc(OCc2ccccc2F)cc1. The van der Waals surface area contributed by atoms with Crippen LogP contribution >= 0.6 is 0 Å². The number of imide groups is 1. The van der Waals surface area contributed by atoms with Crippen molar-refractivity contribution in [2.45, 2.75) is 20.1 Å². The van der Waals surface area contributed by atoms with Gasteiger partial charge in [0.2, 0.25) is 0 Å². The Hall–Kier alpha value is -4.57. The predicted molar refractivity (Wildman–Crippen MR) is 125 cm³/mol. The van der Waals surface area contributed by atoms with E-state index < -0.39 is 17.6 Å². The number of hydrogen-bond donors (Lipinski definition) is 0. The van der Waals surface area contributed by atoms with Gasteiger partial charge in [-0.25, -0.2) is 8.78 Å². The lowest BCUT2D eigenvalue weighted by Gasteiger charge is -2.27. The Labute approximate surface area is 201 Å². The third-order valence-corrected chi connectivity index (χ3v) is 5.62. The van der Waals surface area contributed by atoms with Gasteiger partial charge in [-0.05, 0) is 60.0 Å². The van der Waals surface area contributed by atoms with Crippen molar-refractivity contribution < 1.29 is 23.1 Å². The van der Waals surface area contributed by atoms with Gasteiger partial charge in [0.05, 0.1) is 6.54 Å². The van der Waals surface area contributed by atoms with Crippen LogP contribution in [0.5, 0.6) is 5.75 Å². The fourth-order valence-electron chi connectivity index (χ4n) is 3.65. The number of carbonyl (C=O) groups excluding carboxylic acids is 2. The fourth-order valence-corrected chi connectivity index (χ4v) is 3.65. The molecular weight excluding hydrogens is 450 g/mol. The number of halogens is 2. The van der Waals surface area contributed by atoms with E-state index in [4.69, 9.17) is 4.74 Å². The Kier molecular flexibility index (Phi) is 6.83. The second kappa shape index (κ2) is 10.1. The monoisotopic (exact) mass is 470 g/mol. The quantitative estimate of drug-likeness (QED) is 0.360. The van der Waals surface area contributed by atoms with Crippen molar-refractivity contribution in [3.8, 4) is 11.8 Å². The number of hydrogen-bond acceptors (Lipinski definition) is 4. The Morgan fingerprint density at radius 2 is 1.63 bits per heavy atom. The molecule has 0 saturated carbocycles. The lowest BCUT2D eigenvalue weighted by atomic mass is 9.93. The average molecular weight is 470 g/mol. The zero-order valence-corrected chi connectivity index (χ0v) is 18.8. The zero-order chi connectivity index (χ0) is 24.9. The maximum atomic E-state index is 13.8. The Balaban J connectivity index is 1.57. The number of amides is 2. The summed E-state index contributed by atoms with van der Waals surface area (Å²) in [7, 11) is 0. The van der Waals surface area contributed by atoms with Crippen molar-refractivity contribution in [1.29, 1.82) is 5.26 Å². The Morgan fingerprint density at radius 1 is 0.943 bits per heavy atom. The number of benzene rings is 3. The summed E-state index contributed by atoms with van der Waals surface area (Å²) in [6.45, 7) is 1.54. The maximum Gasteiger partial charge on any atom is 0.271 e. The molecule has 2 amide bonds. The van der Waals surface area contributed by atoms with Crippen LogP contribution in [0.15, 0.2) is 89.5 Å². The maximum absolute atomic E-state index is 13.8. The first-order valence-corrected chi connectivity index (χ1v) is 10.8. The van der Waals surface area contributed by atoms with Crippen LogP contribution in [0.1, 0.15) is 23.6 Å². The highest BCUT2D eigenvalue weighted by Gasteiger charge is 2.35. The molecule has 0 aliphatic carbocycles. The minimum atomic E-state index is -0.687. The second-order valence-electron chi connectivity index (χ2n) is 7.94. The molecule has 0 atom stereocenters. The van der Waals surface area contributed by atoms with Gasteiger partial charge in [-0.15, -0.1) is 0 Å². The molecule has 174 valence electrons. The molecule has 35 heavy (non-hydrogen) atoms. The molecule has 1 aliphatic rings. The van der Waals surface area contributed by atoms with E-state index in [0.717, 1.165) is 4.90 Å². The van der Waals surface area contributed by atoms with Crippen LogP contribution in [0.4, 0.5) is 8.78 Å². The van der Waals surface area contributed by atoms with Crippen LogP contribution in [0, 0.1) is 23.0 Å². The van der Waals surface area contributed by atoms with E-state index in [-0.39, 0.29) is 35.7 Å². The summed E-state index contributed by atoms with van der Waals surface area (Å²) in [6.07, 6.45) is 1.60. The van der Waals surface area contributed by atoms with Crippen molar-refractivity contribution in [3.63, 3.8) is 0 Å². The largest absolute Gasteiger partial charge is 0.489 e. The molecular formula is C28H20F2N2O3. The van der Waals surface area contributed by atoms with E-state index in [2.05, 4.69) is 0 Å². The first kappa shape index (κ1) is 23.6. The molecule has 0 bridgehead atoms. The lowest BCUT2D eigenvalue weighted by molar-refractivity contribution is -0.141. The summed E-state index contributed by atoms with van der Waals surface area (Å²) in [5.41, 5.74) is 2.02. The fraction of sp³-hybridized carbons (Fsp3) is 0.107. The molecule has 1 heterocycles. The van der Waals surface area contributed by atoms with Gasteiger partial charge in [0.1, 0.15) is 35.6 Å². The van der Waals surface area contributed by atoms with Gasteiger partial charge in [-0.1, -0.05) is 42.5 Å². The van der Waals surface area contributed by atoms with E-state index in [1.54, 1.807) is 55.5 Å². The van der Waals surface area contributed by atoms with Crippen molar-refractivity contribution >= 4 is 17.9 Å². The number of rotatable bonds is 6. The standard InChI is InChI=1S/C28H20F2N2O3/c1-18-24(14-19-8-12-23(13-9-19)35-17-21-4-2-3-5-26(21)30)27(33)32(28(34)25(18)15-31)16-20-6-10-22(29)11-7-20/h2-14H,16-17H2,1H3/b24-14+. The summed E-state index contributed by atoms with van der Waals surface area (Å²) >= 11 is 0. The molecule has 7 heteroatoms. The lowest BCUT2D eigenvalue weighted by Crippen LogP contribution is -2.42. The molecule has 5 nitrogen and oxygen atoms in total. The zero-order valence-electron chi connectivity index (χ0n) is 18.8. The van der Waals surface area contributed by atoms with Gasteiger partial charge in [-0.3, -0.25) is 14.5 Å². The molecule has 0 fully saturated rings. The van der Waals surface area contributed by atoms with Crippen LogP contribution in [0.2, 0.25) is 0 Å². The molecule has 0 N–H and O–H groups in total. The predicted octanol–water partition coefficient (Wildman–Crippen LogP) is 5.34. The Bertz CT molecular complexity index is 1380. The van der Waals surface area contributed by atoms with Crippen molar-refractivity contribution in [2.75, 3.05) is 0 Å². The van der Waals surface area contributed by atoms with Crippen LogP contribution in [0.25, 0.3) is 6.08 Å². The average Bonchev–Trinajstić information content (AvgIpc) is 2.86. The minimum Gasteiger partial charge on any atom is -0.489 e. The summed E-state index contributed by atoms with van der Waals surface area (Å²) in [6, 6.07) is 20.5. The van der Waals surface area contributed by atoms with E-state index in [1.807, 2.05) is 6.07 Å². The summed E-state index contributed by atoms with van der Waals surface area (Å²) in [4.78, 5) is 27.0. The number of nitrogens with zero attached hydrogens (tertiary/aromatic N) is 2. The van der Waals surface area contributed by atoms with E-state index in [0.29, 0.717) is 22.4 Å². The van der Waals surface area contributed by atoms with Gasteiger partial charge in [0.25, 0.3) is 11.8 Å². The van der Waals surface area contributed by atoms with Crippen LogP contribution in [-0.4, -0.2) is 16.7 Å². The van der Waals surface area contributed by atoms with E-state index >= 15 is 0 Å². The normalized spacial score (nSPS) is 14.9. The van der Waals surface area contributed by atoms with E-state index in [1.165, 1.54) is 30.3 Å². The summed E-state index contributed by atoms with van der Waals surface area (Å²) < 4.78 is 32.7. The van der Waals surface area contributed by atoms with Crippen molar-refractivity contribution in [1.82, 2.24) is 4.90 Å². The molecule has 3 aromatic rings. The van der Waals surface area contributed by atoms with Crippen molar-refractivity contribution in [2.24, 2.45) is 0 Å². The van der Waals surface area contributed by atoms with Gasteiger partial charge in [-0.2, -0.15) is 5.26 Å². The van der Waals surface area contributed by atoms with Gasteiger partial charge in [0, 0.05) is 11.1 Å². The molecule has 3 aromatic carbocycles. The van der Waals surface area contributed by atoms with Crippen molar-refractivity contribution in [3.05, 3.63) is 118 Å². The van der Waals surface area contributed by atoms with E-state index in [9.17, 15) is 23.6 Å². The van der Waals surface area contributed by atoms with Gasteiger partial charge in [0.15, 0.2) is 0 Å². The Morgan fingerprint density at radius 3 is 2.29 bits per heavy atom. The number of nitriles is 1. The highest BCUT2D eigenvalue weighted by Crippen LogP contribution is 2.28. The molecule has 4 rings (SSSR count). The molecule has 0 radical (unpaired) electrons. The molecule has 1 aliphatic heterocycles. The first-order valence-electron chi connectivity index (χ1n) is 10.8. The topological polar surface area (TPSA) is 70.4 Å². The number of carbonyl (C=O) groups is 2. The summed E-state index contributed by atoms with van der Waals surface area (Å²) in [5, 5.41) is 9.54.